The van der Waals surface area contributed by atoms with Crippen LogP contribution in [0.4, 0.5) is 11.9 Å². The van der Waals surface area contributed by atoms with Gasteiger partial charge >= 0.3 is 0 Å². The number of hydrogen-bond donors (Lipinski definition) is 7. The molecule has 0 spiro atoms. The largest absolute Gasteiger partial charge is 0.790 e. The van der Waals surface area contributed by atoms with E-state index < -0.39 is 89.1 Å². The number of rotatable bonds is 10. The summed E-state index contributed by atoms with van der Waals surface area (Å²) in [6.07, 6.45) is -11.8. The van der Waals surface area contributed by atoms with E-state index in [-0.39, 0.29) is 34.2 Å². The van der Waals surface area contributed by atoms with E-state index >= 15 is 0 Å². The molecule has 9 N–H and O–H groups in total. The molecule has 0 aromatic carbocycles. The van der Waals surface area contributed by atoms with Gasteiger partial charge in [0.2, 0.25) is 11.9 Å². The number of H-pyrrole nitrogens is 2. The fraction of sp³-hybridized carbons (Fsp3) is 0.500. The summed E-state index contributed by atoms with van der Waals surface area (Å²) in [6.45, 7) is -2.09. The maximum atomic E-state index is 12.9. The van der Waals surface area contributed by atoms with E-state index in [1.54, 1.807) is 0 Å². The highest BCUT2D eigenvalue weighted by Gasteiger charge is 2.49. The third-order valence-electron chi connectivity index (χ3n) is 7.14. The van der Waals surface area contributed by atoms with Crippen LogP contribution < -0.4 is 37.3 Å². The van der Waals surface area contributed by atoms with Crippen molar-refractivity contribution in [2.45, 2.75) is 49.1 Å². The Labute approximate surface area is 258 Å². The van der Waals surface area contributed by atoms with E-state index in [0.29, 0.717) is 0 Å². The van der Waals surface area contributed by atoms with Gasteiger partial charge in [0, 0.05) is 0 Å². The zero-order valence-electron chi connectivity index (χ0n) is 23.2. The number of aromatic amines is 2. The molecule has 6 heterocycles. The number of nitrogens with one attached hydrogen (secondary N) is 2. The van der Waals surface area contributed by atoms with Crippen molar-refractivity contribution >= 4 is 49.9 Å². The summed E-state index contributed by atoms with van der Waals surface area (Å²) < 4.78 is 51.3. The molecular weight excluding hydrogens is 682 g/mol. The molecule has 4 aromatic heterocycles. The molecule has 0 amide bonds. The number of nitrogen functional groups attached to an aromatic ring is 2. The van der Waals surface area contributed by atoms with Crippen LogP contribution in [0, 0.1) is 0 Å². The summed E-state index contributed by atoms with van der Waals surface area (Å²) in [6, 6.07) is 0. The van der Waals surface area contributed by atoms with Crippen LogP contribution >= 0.6 is 15.6 Å². The van der Waals surface area contributed by atoms with E-state index in [0.717, 1.165) is 21.8 Å². The average molecular weight is 705 g/mol. The van der Waals surface area contributed by atoms with Crippen molar-refractivity contribution in [1.82, 2.24) is 39.0 Å². The highest BCUT2D eigenvalue weighted by Crippen LogP contribution is 2.47. The van der Waals surface area contributed by atoms with Crippen molar-refractivity contribution in [3.05, 3.63) is 33.4 Å². The van der Waals surface area contributed by atoms with Crippen LogP contribution in [0.2, 0.25) is 0 Å². The molecule has 1 unspecified atom stereocenters. The number of aliphatic hydroxyl groups is 3. The second-order valence-corrected chi connectivity index (χ2v) is 12.7. The van der Waals surface area contributed by atoms with Gasteiger partial charge in [0.15, 0.2) is 34.8 Å². The van der Waals surface area contributed by atoms with Crippen molar-refractivity contribution < 1.29 is 62.2 Å². The van der Waals surface area contributed by atoms with Crippen molar-refractivity contribution in [3.8, 4) is 0 Å². The minimum atomic E-state index is -5.63. The smallest absolute Gasteiger partial charge is 0.280 e. The molecule has 0 radical (unpaired) electrons. The SMILES string of the molecule is Nc1nc2c(ncn2[C@@H]2O[C@H](COP(=O)([O-])O[C@H]3[C@@H](O)[C@H](n4cnc5c(=O)[nH]c(N)nc54)O[C@@H]3COP(=O)([O-])[O-])[C@@H](O)[C@H]2O)c(=O)[nH]1. The normalized spacial score (nSPS) is 29.6. The predicted octanol–water partition coefficient (Wildman–Crippen LogP) is -5.99. The number of anilines is 2. The first-order valence-electron chi connectivity index (χ1n) is 13.1. The number of aliphatic hydroxyl groups excluding tert-OH is 3. The lowest BCUT2D eigenvalue weighted by Crippen LogP contribution is -2.38. The van der Waals surface area contributed by atoms with Gasteiger partial charge in [-0.05, 0) is 0 Å². The van der Waals surface area contributed by atoms with Gasteiger partial charge in [-0.3, -0.25) is 33.3 Å². The first-order valence-corrected chi connectivity index (χ1v) is 16.1. The monoisotopic (exact) mass is 705 g/mol. The Morgan fingerprint density at radius 3 is 1.83 bits per heavy atom. The predicted molar refractivity (Wildman–Crippen MR) is 143 cm³/mol. The Morgan fingerprint density at radius 2 is 1.30 bits per heavy atom. The highest BCUT2D eigenvalue weighted by molar-refractivity contribution is 7.45. The van der Waals surface area contributed by atoms with Crippen molar-refractivity contribution in [2.24, 2.45) is 0 Å². The van der Waals surface area contributed by atoms with Gasteiger partial charge in [0.05, 0.1) is 33.7 Å². The van der Waals surface area contributed by atoms with Gasteiger partial charge in [0.25, 0.3) is 18.9 Å². The Bertz CT molecular complexity index is 2030. The molecule has 256 valence electrons. The third-order valence-corrected chi connectivity index (χ3v) is 8.57. The second-order valence-electron chi connectivity index (χ2n) is 10.2. The number of nitrogens with two attached hydrogens (primary N) is 2. The topological polar surface area (TPSA) is 389 Å². The maximum absolute atomic E-state index is 12.9. The molecule has 47 heavy (non-hydrogen) atoms. The van der Waals surface area contributed by atoms with Crippen molar-refractivity contribution in [1.29, 1.82) is 0 Å². The number of phosphoric ester groups is 2. The van der Waals surface area contributed by atoms with E-state index in [1.807, 2.05) is 0 Å². The van der Waals surface area contributed by atoms with E-state index in [9.17, 15) is 48.7 Å². The molecule has 2 saturated heterocycles. The number of phosphoric acid groups is 2. The summed E-state index contributed by atoms with van der Waals surface area (Å²) in [5, 5.41) is 32.2. The molecule has 25 nitrogen and oxygen atoms in total. The molecule has 4 aromatic rings. The maximum Gasteiger partial charge on any atom is 0.280 e. The van der Waals surface area contributed by atoms with Crippen molar-refractivity contribution in [2.75, 3.05) is 24.7 Å². The molecule has 6 rings (SSSR count). The average Bonchev–Trinajstić information content (AvgIpc) is 3.72. The molecule has 27 heteroatoms. The first-order chi connectivity index (χ1) is 22.0. The summed E-state index contributed by atoms with van der Waals surface area (Å²) in [5.74, 6) is -0.631. The Morgan fingerprint density at radius 1 is 0.809 bits per heavy atom. The van der Waals surface area contributed by atoms with Gasteiger partial charge < -0.3 is 69.1 Å². The zero-order chi connectivity index (χ0) is 34.0. The number of imidazole rings is 2. The van der Waals surface area contributed by atoms with Gasteiger partial charge in [0.1, 0.15) is 36.6 Å². The van der Waals surface area contributed by atoms with E-state index in [1.165, 1.54) is 0 Å². The summed E-state index contributed by atoms with van der Waals surface area (Å²) in [5.41, 5.74) is 8.93. The number of fused-ring (bicyclic) bond motifs is 2. The van der Waals surface area contributed by atoms with Crippen LogP contribution in [0.15, 0.2) is 22.2 Å². The van der Waals surface area contributed by atoms with Gasteiger partial charge in [-0.2, -0.15) is 9.97 Å². The summed E-state index contributed by atoms with van der Waals surface area (Å²) in [4.78, 5) is 79.4. The van der Waals surface area contributed by atoms with Crippen molar-refractivity contribution in [3.63, 3.8) is 0 Å². The van der Waals surface area contributed by atoms with E-state index in [2.05, 4.69) is 34.4 Å². The quantitative estimate of drug-likeness (QED) is 0.0755. The first kappa shape index (κ1) is 33.2. The number of ether oxygens (including phenoxy) is 2. The van der Waals surface area contributed by atoms with Crippen LogP contribution in [-0.4, -0.2) is 104 Å². The molecule has 0 bridgehead atoms. The molecule has 2 aliphatic rings. The molecule has 2 aliphatic heterocycles. The minimum Gasteiger partial charge on any atom is -0.790 e. The number of aromatic nitrogens is 8. The molecular formula is C20H23N10O15P2-3. The minimum absolute atomic E-state index is 0.117. The fourth-order valence-corrected chi connectivity index (χ4v) is 6.36. The second kappa shape index (κ2) is 12.1. The lowest BCUT2D eigenvalue weighted by atomic mass is 10.1. The standard InChI is InChI=1S/C20H26N10O15P2/c21-19-25-13-7(15(34)27-19)23-3-29(13)17-10(32)9(31)5(43-17)1-42-47(39,40)45-12-6(2-41-46(36,37)38)44-18(11(12)33)30-4-24-8-14(30)26-20(22)28-16(8)35/h3-6,9-12,17-18,31-33H,1-2H2,(H,39,40)(H2,36,37,38)(H3,21,25,27,34)(H3,22,26,28,35)/p-3/t5-,6-,9-,10-,11-,12-,17-,18-/m1/s1. The van der Waals surface area contributed by atoms with Gasteiger partial charge in [-0.25, -0.2) is 9.97 Å². The van der Waals surface area contributed by atoms with Crippen LogP contribution in [0.1, 0.15) is 12.5 Å². The van der Waals surface area contributed by atoms with Gasteiger partial charge in [-0.1, -0.05) is 0 Å². The van der Waals surface area contributed by atoms with Gasteiger partial charge in [-0.15, -0.1) is 0 Å². The Hall–Kier alpha value is -3.68. The lowest BCUT2D eigenvalue weighted by Gasteiger charge is -2.33. The fourth-order valence-electron chi connectivity index (χ4n) is 5.08. The number of hydrogen-bond acceptors (Lipinski definition) is 21. The summed E-state index contributed by atoms with van der Waals surface area (Å²) >= 11 is 0. The number of nitrogens with zero attached hydrogens (tertiary/aromatic N) is 6. The molecule has 9 atom stereocenters. The zero-order valence-corrected chi connectivity index (χ0v) is 24.9. The molecule has 0 aliphatic carbocycles. The highest BCUT2D eigenvalue weighted by atomic mass is 31.2. The van der Waals surface area contributed by atoms with Crippen LogP contribution in [0.3, 0.4) is 0 Å². The van der Waals surface area contributed by atoms with Crippen LogP contribution in [-0.2, 0) is 32.2 Å². The van der Waals surface area contributed by atoms with E-state index in [4.69, 9.17) is 30.0 Å². The molecule has 0 saturated carbocycles. The Kier molecular flexibility index (Phi) is 8.54. The Balaban J connectivity index is 1.19. The van der Waals surface area contributed by atoms with Crippen LogP contribution in [0.5, 0.6) is 0 Å². The van der Waals surface area contributed by atoms with Crippen LogP contribution in [0.25, 0.3) is 22.3 Å². The summed E-state index contributed by atoms with van der Waals surface area (Å²) in [7, 11) is -11.2. The third kappa shape index (κ3) is 6.44. The molecule has 2 fully saturated rings. The lowest BCUT2D eigenvalue weighted by molar-refractivity contribution is -0.343.